The van der Waals surface area contributed by atoms with Crippen molar-refractivity contribution in [1.82, 2.24) is 9.80 Å². The molecule has 2 rings (SSSR count). The van der Waals surface area contributed by atoms with Gasteiger partial charge in [-0.05, 0) is 48.8 Å². The summed E-state index contributed by atoms with van der Waals surface area (Å²) >= 11 is 12.2. The van der Waals surface area contributed by atoms with Gasteiger partial charge in [-0.1, -0.05) is 41.9 Å². The number of hydrogen-bond acceptors (Lipinski definition) is 8. The van der Waals surface area contributed by atoms with Gasteiger partial charge in [0.1, 0.15) is 12.4 Å². The van der Waals surface area contributed by atoms with Crippen LogP contribution in [0.25, 0.3) is 0 Å². The summed E-state index contributed by atoms with van der Waals surface area (Å²) in [5, 5.41) is 9.95. The first-order valence-corrected chi connectivity index (χ1v) is 15.0. The molecule has 1 fully saturated rings. The van der Waals surface area contributed by atoms with Crippen LogP contribution >= 0.6 is 23.2 Å². The van der Waals surface area contributed by atoms with Gasteiger partial charge in [0.05, 0.1) is 74.9 Å². The first kappa shape index (κ1) is 36.2. The molecule has 1 aromatic rings. The second-order valence-corrected chi connectivity index (χ2v) is 10.7. The summed E-state index contributed by atoms with van der Waals surface area (Å²) in [5.74, 6) is 0.554. The highest BCUT2D eigenvalue weighted by Gasteiger charge is 2.29. The Balaban J connectivity index is 1.96. The summed E-state index contributed by atoms with van der Waals surface area (Å²) in [7, 11) is 3.44. The number of likely N-dealkylation sites (tertiary alicyclic amines) is 1. The molecule has 0 spiro atoms. The van der Waals surface area contributed by atoms with Crippen LogP contribution in [-0.2, 0) is 34.9 Å². The number of likely N-dealkylation sites (N-methyl/N-ethyl adjacent to an activating group) is 1. The largest absolute Gasteiger partial charge is 0.492 e. The van der Waals surface area contributed by atoms with E-state index in [1.165, 1.54) is 0 Å². The molecule has 236 valence electrons. The fraction of sp³-hybridized carbons (Fsp3) is 0.581. The third-order valence-corrected chi connectivity index (χ3v) is 7.52. The molecular formula is C31H46Cl2N2O7. The van der Waals surface area contributed by atoms with Crippen LogP contribution in [-0.4, -0.2) is 120 Å². The first-order chi connectivity index (χ1) is 20.3. The van der Waals surface area contributed by atoms with E-state index in [4.69, 9.17) is 52.0 Å². The summed E-state index contributed by atoms with van der Waals surface area (Å²) in [6, 6.07) is 4.94. The number of ether oxygens (including phenoxy) is 5. The van der Waals surface area contributed by atoms with E-state index < -0.39 is 0 Å². The Labute approximate surface area is 260 Å². The number of hydrogen-bond donors (Lipinski definition) is 1. The number of amides is 1. The van der Waals surface area contributed by atoms with E-state index in [-0.39, 0.29) is 37.7 Å². The van der Waals surface area contributed by atoms with Crippen molar-refractivity contribution >= 4 is 29.1 Å². The fourth-order valence-electron chi connectivity index (χ4n) is 4.38. The van der Waals surface area contributed by atoms with Crippen molar-refractivity contribution in [3.63, 3.8) is 0 Å². The van der Waals surface area contributed by atoms with Crippen LogP contribution in [0.3, 0.4) is 0 Å². The number of allylic oxidation sites excluding steroid dienone is 2. The lowest BCUT2D eigenvalue weighted by Gasteiger charge is -2.32. The number of halogens is 2. The number of benzene rings is 1. The normalized spacial score (nSPS) is 16.7. The van der Waals surface area contributed by atoms with Crippen LogP contribution in [0.4, 0.5) is 0 Å². The van der Waals surface area contributed by atoms with Crippen LogP contribution in [0.5, 0.6) is 0 Å². The topological polar surface area (TPSA) is 89.9 Å². The Morgan fingerprint density at radius 1 is 1.12 bits per heavy atom. The van der Waals surface area contributed by atoms with Gasteiger partial charge in [0.25, 0.3) is 0 Å². The van der Waals surface area contributed by atoms with Gasteiger partial charge >= 0.3 is 0 Å². The minimum Gasteiger partial charge on any atom is -0.492 e. The van der Waals surface area contributed by atoms with E-state index in [0.29, 0.717) is 62.0 Å². The van der Waals surface area contributed by atoms with E-state index in [9.17, 15) is 4.79 Å². The molecule has 1 aliphatic heterocycles. The minimum absolute atomic E-state index is 0.0638. The Morgan fingerprint density at radius 2 is 1.83 bits per heavy atom. The smallest absolute Gasteiger partial charge is 0.227 e. The Morgan fingerprint density at radius 3 is 2.50 bits per heavy atom. The summed E-state index contributed by atoms with van der Waals surface area (Å²) in [5.41, 5.74) is 1.55. The van der Waals surface area contributed by atoms with E-state index >= 15 is 0 Å². The number of aliphatic hydroxyl groups excluding tert-OH is 1. The molecule has 0 bridgehead atoms. The van der Waals surface area contributed by atoms with Gasteiger partial charge in [-0.25, -0.2) is 0 Å². The van der Waals surface area contributed by atoms with Crippen molar-refractivity contribution in [2.24, 2.45) is 0 Å². The maximum Gasteiger partial charge on any atom is 0.227 e. The highest BCUT2D eigenvalue weighted by molar-refractivity contribution is 6.42. The molecule has 0 unspecified atom stereocenters. The van der Waals surface area contributed by atoms with Crippen molar-refractivity contribution in [2.45, 2.75) is 31.9 Å². The summed E-state index contributed by atoms with van der Waals surface area (Å²) in [6.07, 6.45) is 6.66. The van der Waals surface area contributed by atoms with E-state index in [0.717, 1.165) is 30.6 Å². The van der Waals surface area contributed by atoms with Crippen LogP contribution in [0.1, 0.15) is 18.9 Å². The predicted octanol–water partition coefficient (Wildman–Crippen LogP) is 4.16. The molecule has 42 heavy (non-hydrogen) atoms. The number of carbonyl (C=O) groups is 1. The molecule has 1 heterocycles. The highest BCUT2D eigenvalue weighted by atomic mass is 35.5. The van der Waals surface area contributed by atoms with Crippen LogP contribution in [0.15, 0.2) is 54.3 Å². The van der Waals surface area contributed by atoms with Crippen LogP contribution in [0, 0.1) is 0 Å². The fourth-order valence-corrected chi connectivity index (χ4v) is 4.70. The molecule has 0 aromatic heterocycles. The van der Waals surface area contributed by atoms with Crippen molar-refractivity contribution in [2.75, 3.05) is 86.6 Å². The van der Waals surface area contributed by atoms with Gasteiger partial charge in [-0.15, -0.1) is 0 Å². The van der Waals surface area contributed by atoms with Gasteiger partial charge < -0.3 is 33.7 Å². The zero-order valence-electron chi connectivity index (χ0n) is 25.1. The Bertz CT molecular complexity index is 1020. The molecule has 0 saturated carbocycles. The zero-order valence-corrected chi connectivity index (χ0v) is 26.6. The van der Waals surface area contributed by atoms with E-state index in [1.54, 1.807) is 43.3 Å². The maximum atomic E-state index is 13.4. The molecule has 1 aromatic carbocycles. The van der Waals surface area contributed by atoms with Crippen LogP contribution in [0.2, 0.25) is 10.0 Å². The van der Waals surface area contributed by atoms with Crippen molar-refractivity contribution in [1.29, 1.82) is 0 Å². The molecule has 0 radical (unpaired) electrons. The summed E-state index contributed by atoms with van der Waals surface area (Å²) < 4.78 is 27.5. The van der Waals surface area contributed by atoms with Gasteiger partial charge in [0.2, 0.25) is 5.91 Å². The van der Waals surface area contributed by atoms with Crippen molar-refractivity contribution in [3.8, 4) is 0 Å². The average molecular weight is 630 g/mol. The third-order valence-electron chi connectivity index (χ3n) is 6.78. The van der Waals surface area contributed by atoms with Crippen molar-refractivity contribution in [3.05, 3.63) is 69.9 Å². The Hall–Kier alpha value is -1.95. The average Bonchev–Trinajstić information content (AvgIpc) is 3.43. The third kappa shape index (κ3) is 13.6. The molecule has 2 atom stereocenters. The standard InChI is InChI=1S/C31H46Cl2N2O7/c1-5-26(41-13-12-36)8-6-24(2)30(34(3)31(37)21-25-7-9-28(32)29(33)20-25)23-35-11-10-27(22-35)42-19-18-40-17-16-39-15-14-38-4/h5-9,20,27,30,36H,2,10-19,21-23H2,1,3-4H3/b8-6-,26-5+/t27-,30+/m0/s1. The molecule has 9 nitrogen and oxygen atoms in total. The molecule has 0 aliphatic carbocycles. The SMILES string of the molecule is C=C(/C=C\C(=C/C)OCCO)[C@@H](CN1CC[C@H](OCCOCCOCCOC)C1)N(C)C(=O)Cc1ccc(Cl)c(Cl)c1. The van der Waals surface area contributed by atoms with Gasteiger partial charge in [-0.3, -0.25) is 9.69 Å². The van der Waals surface area contributed by atoms with E-state index in [2.05, 4.69) is 11.5 Å². The number of rotatable bonds is 21. The predicted molar refractivity (Wildman–Crippen MR) is 166 cm³/mol. The molecule has 1 N–H and O–H groups in total. The first-order valence-electron chi connectivity index (χ1n) is 14.2. The monoisotopic (exact) mass is 628 g/mol. The van der Waals surface area contributed by atoms with E-state index in [1.807, 2.05) is 19.1 Å². The van der Waals surface area contributed by atoms with Gasteiger partial charge in [0.15, 0.2) is 0 Å². The maximum absolute atomic E-state index is 13.4. The molecular weight excluding hydrogens is 583 g/mol. The number of nitrogens with zero attached hydrogens (tertiary/aromatic N) is 2. The van der Waals surface area contributed by atoms with Crippen LogP contribution < -0.4 is 0 Å². The molecule has 11 heteroatoms. The lowest BCUT2D eigenvalue weighted by atomic mass is 10.0. The summed E-state index contributed by atoms with van der Waals surface area (Å²) in [6.45, 7) is 11.7. The quantitative estimate of drug-likeness (QED) is 0.123. The number of aliphatic hydroxyl groups is 1. The number of methoxy groups -OCH3 is 1. The van der Waals surface area contributed by atoms with Gasteiger partial charge in [0, 0.05) is 33.8 Å². The summed E-state index contributed by atoms with van der Waals surface area (Å²) in [4.78, 5) is 17.4. The number of carbonyl (C=O) groups excluding carboxylic acids is 1. The highest BCUT2D eigenvalue weighted by Crippen LogP contribution is 2.24. The lowest BCUT2D eigenvalue weighted by Crippen LogP contribution is -2.46. The Kier molecular flexibility index (Phi) is 18.0. The van der Waals surface area contributed by atoms with Crippen molar-refractivity contribution < 1.29 is 33.6 Å². The second kappa shape index (κ2) is 20.9. The molecule has 1 saturated heterocycles. The van der Waals surface area contributed by atoms with Gasteiger partial charge in [-0.2, -0.15) is 0 Å². The zero-order chi connectivity index (χ0) is 30.7. The second-order valence-electron chi connectivity index (χ2n) is 9.88. The lowest BCUT2D eigenvalue weighted by molar-refractivity contribution is -0.130. The molecule has 1 aliphatic rings. The minimum atomic E-state index is -0.285. The molecule has 1 amide bonds.